The Labute approximate surface area is 173 Å². The van der Waals surface area contributed by atoms with E-state index in [1.807, 2.05) is 24.3 Å². The standard InChI is InChI=1S/C21H22N6O3/c1-13-4-6-27(7-5-13)20-10-19(22-11-23-20)24-21(28)16-9-15(25-26-16)14-2-3-17-18(8-14)30-12-29-17/h2-3,8-11,13H,4-7,12H2,1H3,(H,25,26)(H,22,23,24,28). The number of ether oxygens (including phenoxy) is 2. The third-order valence-corrected chi connectivity index (χ3v) is 5.49. The SMILES string of the molecule is CC1CCN(c2cc(NC(=O)c3cc(-c4ccc5c(c4)OCO5)n[nH]3)ncn2)CC1. The molecule has 2 aliphatic rings. The molecule has 0 aliphatic carbocycles. The minimum atomic E-state index is -0.314. The number of piperidine rings is 1. The van der Waals surface area contributed by atoms with Gasteiger partial charge in [0.2, 0.25) is 6.79 Å². The van der Waals surface area contributed by atoms with E-state index in [1.165, 1.54) is 6.33 Å². The lowest BCUT2D eigenvalue weighted by atomic mass is 9.99. The highest BCUT2D eigenvalue weighted by Gasteiger charge is 2.19. The topological polar surface area (TPSA) is 105 Å². The van der Waals surface area contributed by atoms with Gasteiger partial charge in [0.15, 0.2) is 11.5 Å². The van der Waals surface area contributed by atoms with Crippen LogP contribution >= 0.6 is 0 Å². The number of rotatable bonds is 4. The zero-order valence-electron chi connectivity index (χ0n) is 16.6. The monoisotopic (exact) mass is 406 g/mol. The maximum Gasteiger partial charge on any atom is 0.274 e. The van der Waals surface area contributed by atoms with E-state index in [0.29, 0.717) is 28.7 Å². The number of hydrogen-bond acceptors (Lipinski definition) is 7. The summed E-state index contributed by atoms with van der Waals surface area (Å²) in [4.78, 5) is 23.4. The largest absolute Gasteiger partial charge is 0.454 e. The second-order valence-corrected chi connectivity index (χ2v) is 7.62. The molecule has 0 unspecified atom stereocenters. The number of nitrogens with one attached hydrogen (secondary N) is 2. The number of anilines is 2. The highest BCUT2D eigenvalue weighted by atomic mass is 16.7. The number of hydrogen-bond donors (Lipinski definition) is 2. The maximum atomic E-state index is 12.7. The molecule has 0 bridgehead atoms. The van der Waals surface area contributed by atoms with Crippen molar-refractivity contribution in [2.75, 3.05) is 30.1 Å². The van der Waals surface area contributed by atoms with E-state index in [9.17, 15) is 4.79 Å². The average molecular weight is 406 g/mol. The van der Waals surface area contributed by atoms with Crippen LogP contribution in [0.5, 0.6) is 11.5 Å². The molecule has 1 saturated heterocycles. The molecule has 1 fully saturated rings. The van der Waals surface area contributed by atoms with Crippen LogP contribution in [-0.2, 0) is 0 Å². The summed E-state index contributed by atoms with van der Waals surface area (Å²) in [6.45, 7) is 4.41. The van der Waals surface area contributed by atoms with Gasteiger partial charge in [-0.25, -0.2) is 9.97 Å². The molecule has 9 heteroatoms. The van der Waals surface area contributed by atoms with E-state index in [1.54, 1.807) is 6.07 Å². The van der Waals surface area contributed by atoms with Crippen molar-refractivity contribution >= 4 is 17.5 Å². The van der Waals surface area contributed by atoms with Crippen LogP contribution in [0.3, 0.4) is 0 Å². The normalized spacial score (nSPS) is 16.0. The summed E-state index contributed by atoms with van der Waals surface area (Å²) in [5.74, 6) is 3.09. The van der Waals surface area contributed by atoms with Gasteiger partial charge in [0.25, 0.3) is 5.91 Å². The summed E-state index contributed by atoms with van der Waals surface area (Å²) in [7, 11) is 0. The van der Waals surface area contributed by atoms with Crippen molar-refractivity contribution < 1.29 is 14.3 Å². The fourth-order valence-electron chi connectivity index (χ4n) is 3.65. The first kappa shape index (κ1) is 18.4. The average Bonchev–Trinajstić information content (AvgIpc) is 3.43. The van der Waals surface area contributed by atoms with Crippen LogP contribution in [0.15, 0.2) is 36.7 Å². The summed E-state index contributed by atoms with van der Waals surface area (Å²) >= 11 is 0. The molecule has 0 spiro atoms. The lowest BCUT2D eigenvalue weighted by Crippen LogP contribution is -2.33. The Morgan fingerprint density at radius 1 is 1.13 bits per heavy atom. The summed E-state index contributed by atoms with van der Waals surface area (Å²) in [6.07, 6.45) is 3.76. The number of benzene rings is 1. The van der Waals surface area contributed by atoms with Crippen molar-refractivity contribution in [3.05, 3.63) is 42.4 Å². The van der Waals surface area contributed by atoms with Gasteiger partial charge in [-0.2, -0.15) is 5.10 Å². The highest BCUT2D eigenvalue weighted by Crippen LogP contribution is 2.35. The molecule has 2 N–H and O–H groups in total. The van der Waals surface area contributed by atoms with Crippen molar-refractivity contribution in [1.29, 1.82) is 0 Å². The first-order valence-electron chi connectivity index (χ1n) is 9.99. The minimum absolute atomic E-state index is 0.213. The molecule has 2 aliphatic heterocycles. The van der Waals surface area contributed by atoms with Gasteiger partial charge in [-0.1, -0.05) is 6.92 Å². The van der Waals surface area contributed by atoms with Crippen molar-refractivity contribution in [3.63, 3.8) is 0 Å². The Kier molecular flexibility index (Phi) is 4.70. The van der Waals surface area contributed by atoms with Gasteiger partial charge in [0.1, 0.15) is 23.7 Å². The van der Waals surface area contributed by atoms with Crippen LogP contribution in [0.2, 0.25) is 0 Å². The minimum Gasteiger partial charge on any atom is -0.454 e. The third-order valence-electron chi connectivity index (χ3n) is 5.49. The quantitative estimate of drug-likeness (QED) is 0.686. The molecular formula is C21H22N6O3. The van der Waals surface area contributed by atoms with Gasteiger partial charge in [0, 0.05) is 24.7 Å². The molecule has 3 aromatic rings. The molecule has 1 amide bonds. The first-order valence-corrected chi connectivity index (χ1v) is 9.99. The van der Waals surface area contributed by atoms with Crippen molar-refractivity contribution in [1.82, 2.24) is 20.2 Å². The smallest absolute Gasteiger partial charge is 0.274 e. The number of amides is 1. The predicted molar refractivity (Wildman–Crippen MR) is 111 cm³/mol. The van der Waals surface area contributed by atoms with Crippen LogP contribution < -0.4 is 19.7 Å². The predicted octanol–water partition coefficient (Wildman–Crippen LogP) is 3.08. The molecule has 0 radical (unpaired) electrons. The van der Waals surface area contributed by atoms with Gasteiger partial charge in [0.05, 0.1) is 5.69 Å². The molecule has 1 aromatic carbocycles. The fourth-order valence-corrected chi connectivity index (χ4v) is 3.65. The highest BCUT2D eigenvalue weighted by molar-refractivity contribution is 6.03. The molecule has 9 nitrogen and oxygen atoms in total. The molecule has 5 rings (SSSR count). The van der Waals surface area contributed by atoms with Crippen LogP contribution in [-0.4, -0.2) is 46.0 Å². The van der Waals surface area contributed by atoms with Crippen LogP contribution in [0.1, 0.15) is 30.3 Å². The number of carbonyl (C=O) groups excluding carboxylic acids is 1. The number of nitrogens with zero attached hydrogens (tertiary/aromatic N) is 4. The number of aromatic amines is 1. The van der Waals surface area contributed by atoms with Gasteiger partial charge in [-0.05, 0) is 43.0 Å². The van der Waals surface area contributed by atoms with E-state index in [2.05, 4.69) is 37.3 Å². The Hall–Kier alpha value is -3.62. The van der Waals surface area contributed by atoms with Crippen LogP contribution in [0.25, 0.3) is 11.3 Å². The van der Waals surface area contributed by atoms with E-state index in [-0.39, 0.29) is 12.7 Å². The molecular weight excluding hydrogens is 384 g/mol. The van der Waals surface area contributed by atoms with Crippen molar-refractivity contribution in [3.8, 4) is 22.8 Å². The van der Waals surface area contributed by atoms with Gasteiger partial charge < -0.3 is 19.7 Å². The molecule has 0 saturated carbocycles. The summed E-state index contributed by atoms with van der Waals surface area (Å²) in [5, 5.41) is 9.86. The van der Waals surface area contributed by atoms with E-state index < -0.39 is 0 Å². The molecule has 4 heterocycles. The molecule has 2 aromatic heterocycles. The van der Waals surface area contributed by atoms with E-state index >= 15 is 0 Å². The Bertz CT molecular complexity index is 1070. The molecule has 0 atom stereocenters. The third kappa shape index (κ3) is 3.66. The van der Waals surface area contributed by atoms with E-state index in [4.69, 9.17) is 9.47 Å². The summed E-state index contributed by atoms with van der Waals surface area (Å²) in [5.41, 5.74) is 1.82. The lowest BCUT2D eigenvalue weighted by molar-refractivity contribution is 0.102. The van der Waals surface area contributed by atoms with Gasteiger partial charge in [-0.15, -0.1) is 0 Å². The number of aromatic nitrogens is 4. The first-order chi connectivity index (χ1) is 14.7. The zero-order valence-corrected chi connectivity index (χ0v) is 16.6. The zero-order chi connectivity index (χ0) is 20.5. The number of H-pyrrole nitrogens is 1. The van der Waals surface area contributed by atoms with Crippen LogP contribution in [0.4, 0.5) is 11.6 Å². The Morgan fingerprint density at radius 3 is 2.83 bits per heavy atom. The van der Waals surface area contributed by atoms with Crippen molar-refractivity contribution in [2.45, 2.75) is 19.8 Å². The van der Waals surface area contributed by atoms with Gasteiger partial charge in [-0.3, -0.25) is 9.89 Å². The lowest BCUT2D eigenvalue weighted by Gasteiger charge is -2.31. The summed E-state index contributed by atoms with van der Waals surface area (Å²) < 4.78 is 10.7. The Balaban J connectivity index is 1.29. The van der Waals surface area contributed by atoms with Crippen molar-refractivity contribution in [2.24, 2.45) is 5.92 Å². The summed E-state index contributed by atoms with van der Waals surface area (Å²) in [6, 6.07) is 9.05. The molecule has 30 heavy (non-hydrogen) atoms. The second-order valence-electron chi connectivity index (χ2n) is 7.62. The van der Waals surface area contributed by atoms with Crippen LogP contribution in [0, 0.1) is 5.92 Å². The fraction of sp³-hybridized carbons (Fsp3) is 0.333. The molecule has 154 valence electrons. The maximum absolute atomic E-state index is 12.7. The number of fused-ring (bicyclic) bond motifs is 1. The number of carbonyl (C=O) groups is 1. The Morgan fingerprint density at radius 2 is 1.97 bits per heavy atom. The van der Waals surface area contributed by atoms with E-state index in [0.717, 1.165) is 43.2 Å². The van der Waals surface area contributed by atoms with Gasteiger partial charge >= 0.3 is 0 Å². The second kappa shape index (κ2) is 7.66.